The fourth-order valence-electron chi connectivity index (χ4n) is 3.31. The van der Waals surface area contributed by atoms with E-state index in [-0.39, 0.29) is 11.6 Å². The lowest BCUT2D eigenvalue weighted by Gasteiger charge is -2.36. The first-order chi connectivity index (χ1) is 14.0. The number of nitrogens with zero attached hydrogens (tertiary/aromatic N) is 2. The molecule has 2 heterocycles. The van der Waals surface area contributed by atoms with Crippen LogP contribution in [0.5, 0.6) is 0 Å². The van der Waals surface area contributed by atoms with Crippen molar-refractivity contribution in [3.8, 4) is 0 Å². The Balaban J connectivity index is 1.68. The second kappa shape index (κ2) is 7.05. The van der Waals surface area contributed by atoms with Gasteiger partial charge in [-0.05, 0) is 43.3 Å². The van der Waals surface area contributed by atoms with E-state index in [1.54, 1.807) is 18.2 Å². The molecule has 0 saturated heterocycles. The van der Waals surface area contributed by atoms with E-state index < -0.39 is 36.1 Å². The number of amidine groups is 1. The Bertz CT molecular complexity index is 1150. The van der Waals surface area contributed by atoms with Gasteiger partial charge in [-0.1, -0.05) is 11.6 Å². The van der Waals surface area contributed by atoms with Gasteiger partial charge in [0.2, 0.25) is 0 Å². The smallest absolute Gasteiger partial charge is 0.425 e. The predicted molar refractivity (Wildman–Crippen MR) is 103 cm³/mol. The van der Waals surface area contributed by atoms with Crippen molar-refractivity contribution >= 4 is 40.4 Å². The second-order valence-corrected chi connectivity index (χ2v) is 7.46. The molecule has 0 bridgehead atoms. The zero-order valence-corrected chi connectivity index (χ0v) is 16.2. The molecular formula is C19H15ClF4N4O2. The van der Waals surface area contributed by atoms with Crippen LogP contribution in [-0.2, 0) is 10.3 Å². The monoisotopic (exact) mass is 442 g/mol. The number of fused-ring (bicyclic) bond motifs is 1. The Morgan fingerprint density at radius 3 is 2.73 bits per heavy atom. The van der Waals surface area contributed by atoms with Gasteiger partial charge in [0.05, 0.1) is 5.54 Å². The highest BCUT2D eigenvalue weighted by atomic mass is 35.5. The molecule has 4 rings (SSSR count). The first-order valence-electron chi connectivity index (χ1n) is 8.75. The highest BCUT2D eigenvalue weighted by Crippen LogP contribution is 2.41. The zero-order valence-electron chi connectivity index (χ0n) is 15.4. The van der Waals surface area contributed by atoms with Crippen molar-refractivity contribution in [2.75, 3.05) is 5.32 Å². The molecule has 2 unspecified atom stereocenters. The van der Waals surface area contributed by atoms with E-state index in [2.05, 4.69) is 20.0 Å². The van der Waals surface area contributed by atoms with E-state index in [9.17, 15) is 17.6 Å². The number of halogens is 5. The lowest BCUT2D eigenvalue weighted by Crippen LogP contribution is -2.46. The molecule has 1 aliphatic heterocycles. The average molecular weight is 443 g/mol. The number of benzene rings is 2. The summed E-state index contributed by atoms with van der Waals surface area (Å²) in [7, 11) is 0. The van der Waals surface area contributed by atoms with Crippen LogP contribution in [0.15, 0.2) is 45.8 Å². The van der Waals surface area contributed by atoms with Crippen LogP contribution in [0.25, 0.3) is 11.1 Å². The largest absolute Gasteiger partial charge is 0.452 e. The molecule has 3 N–H and O–H groups in total. The van der Waals surface area contributed by atoms with E-state index in [0.717, 1.165) is 6.07 Å². The van der Waals surface area contributed by atoms with E-state index in [0.29, 0.717) is 21.8 Å². The number of aliphatic imine (C=N–C) groups is 1. The van der Waals surface area contributed by atoms with Gasteiger partial charge in [-0.2, -0.15) is 18.2 Å². The number of ether oxygens (including phenoxy) is 1. The Hall–Kier alpha value is -3.01. The van der Waals surface area contributed by atoms with Gasteiger partial charge in [0.1, 0.15) is 11.3 Å². The van der Waals surface area contributed by atoms with Crippen LogP contribution in [0, 0.1) is 5.82 Å². The summed E-state index contributed by atoms with van der Waals surface area (Å²) in [6.45, 7) is 1.37. The lowest BCUT2D eigenvalue weighted by molar-refractivity contribution is -0.208. The highest BCUT2D eigenvalue weighted by Gasteiger charge is 2.50. The molecule has 0 amide bonds. The minimum absolute atomic E-state index is 0.0767. The number of nitrogens with one attached hydrogen (secondary N) is 1. The molecular weight excluding hydrogens is 428 g/mol. The van der Waals surface area contributed by atoms with Crippen molar-refractivity contribution in [1.29, 1.82) is 0 Å². The maximum atomic E-state index is 14.6. The molecule has 0 fully saturated rings. The summed E-state index contributed by atoms with van der Waals surface area (Å²) in [6, 6.07) is 8.21. The Morgan fingerprint density at radius 1 is 1.23 bits per heavy atom. The van der Waals surface area contributed by atoms with Crippen LogP contribution in [0.4, 0.5) is 29.3 Å². The van der Waals surface area contributed by atoms with Gasteiger partial charge >= 0.3 is 6.18 Å². The van der Waals surface area contributed by atoms with Crippen LogP contribution < -0.4 is 11.1 Å². The first-order valence-corrected chi connectivity index (χ1v) is 9.13. The fraction of sp³-hybridized carbons (Fsp3) is 0.263. The molecule has 1 aromatic heterocycles. The SMILES string of the molecule is CC1(c2cc(Nc3nc4cc(Cl)ccc4o3)ccc2F)CC(C(F)(F)F)OC(N)=N1. The van der Waals surface area contributed by atoms with Gasteiger partial charge in [0.15, 0.2) is 11.7 Å². The summed E-state index contributed by atoms with van der Waals surface area (Å²) >= 11 is 5.93. The van der Waals surface area contributed by atoms with Gasteiger partial charge in [-0.3, -0.25) is 0 Å². The summed E-state index contributed by atoms with van der Waals surface area (Å²) in [5.74, 6) is -0.730. The van der Waals surface area contributed by atoms with E-state index in [1.807, 2.05) is 0 Å². The molecule has 11 heteroatoms. The van der Waals surface area contributed by atoms with Gasteiger partial charge in [-0.15, -0.1) is 0 Å². The van der Waals surface area contributed by atoms with Crippen molar-refractivity contribution < 1.29 is 26.7 Å². The predicted octanol–water partition coefficient (Wildman–Crippen LogP) is 5.25. The van der Waals surface area contributed by atoms with Gasteiger partial charge < -0.3 is 20.2 Å². The standard InChI is InChI=1S/C19H15ClF4N4O2/c1-18(8-15(19(22,23)24)30-16(25)28-18)11-7-10(3-4-12(11)21)26-17-27-13-6-9(20)2-5-14(13)29-17/h2-7,15H,8H2,1H3,(H2,25,28)(H,26,27). The minimum Gasteiger partial charge on any atom is -0.452 e. The van der Waals surface area contributed by atoms with E-state index >= 15 is 0 Å². The Labute approximate surface area is 172 Å². The van der Waals surface area contributed by atoms with Crippen molar-refractivity contribution in [3.63, 3.8) is 0 Å². The third-order valence-corrected chi connectivity index (χ3v) is 4.95. The van der Waals surface area contributed by atoms with E-state index in [1.165, 1.54) is 19.1 Å². The van der Waals surface area contributed by atoms with Crippen LogP contribution in [0.3, 0.4) is 0 Å². The summed E-state index contributed by atoms with van der Waals surface area (Å²) in [4.78, 5) is 8.19. The summed E-state index contributed by atoms with van der Waals surface area (Å²) in [5, 5.41) is 3.35. The molecule has 1 aliphatic rings. The van der Waals surface area contributed by atoms with Crippen molar-refractivity contribution in [3.05, 3.63) is 52.8 Å². The number of rotatable bonds is 3. The zero-order chi connectivity index (χ0) is 21.7. The number of hydrogen-bond donors (Lipinski definition) is 2. The van der Waals surface area contributed by atoms with Gasteiger partial charge in [-0.25, -0.2) is 9.38 Å². The highest BCUT2D eigenvalue weighted by molar-refractivity contribution is 6.31. The van der Waals surface area contributed by atoms with Crippen molar-refractivity contribution in [2.45, 2.75) is 31.2 Å². The third kappa shape index (κ3) is 3.87. The number of nitrogens with two attached hydrogens (primary N) is 1. The molecule has 0 spiro atoms. The lowest BCUT2D eigenvalue weighted by atomic mass is 9.85. The molecule has 30 heavy (non-hydrogen) atoms. The quantitative estimate of drug-likeness (QED) is 0.541. The summed E-state index contributed by atoms with van der Waals surface area (Å²) in [5.41, 5.74) is 5.12. The number of oxazole rings is 1. The average Bonchev–Trinajstić information content (AvgIpc) is 3.03. The fourth-order valence-corrected chi connectivity index (χ4v) is 3.48. The third-order valence-electron chi connectivity index (χ3n) is 4.72. The van der Waals surface area contributed by atoms with Crippen LogP contribution in [0.2, 0.25) is 5.02 Å². The van der Waals surface area contributed by atoms with Crippen LogP contribution >= 0.6 is 11.6 Å². The maximum absolute atomic E-state index is 14.6. The molecule has 2 atom stereocenters. The molecule has 0 aliphatic carbocycles. The summed E-state index contributed by atoms with van der Waals surface area (Å²) in [6.07, 6.45) is -7.50. The molecule has 158 valence electrons. The van der Waals surface area contributed by atoms with Crippen molar-refractivity contribution in [1.82, 2.24) is 4.98 Å². The topological polar surface area (TPSA) is 85.7 Å². The Morgan fingerprint density at radius 2 is 2.00 bits per heavy atom. The molecule has 0 saturated carbocycles. The number of anilines is 2. The second-order valence-electron chi connectivity index (χ2n) is 7.03. The van der Waals surface area contributed by atoms with Crippen LogP contribution in [0.1, 0.15) is 18.9 Å². The molecule has 3 aromatic rings. The van der Waals surface area contributed by atoms with Crippen LogP contribution in [-0.4, -0.2) is 23.3 Å². The number of aromatic nitrogens is 1. The number of hydrogen-bond acceptors (Lipinski definition) is 6. The van der Waals surface area contributed by atoms with E-state index in [4.69, 9.17) is 21.8 Å². The molecule has 2 aromatic carbocycles. The van der Waals surface area contributed by atoms with Gasteiger partial charge in [0.25, 0.3) is 12.0 Å². The normalized spacial score (nSPS) is 21.9. The maximum Gasteiger partial charge on any atom is 0.425 e. The first kappa shape index (κ1) is 20.3. The number of alkyl halides is 3. The van der Waals surface area contributed by atoms with Gasteiger partial charge in [0, 0.05) is 22.7 Å². The molecule has 6 nitrogen and oxygen atoms in total. The molecule has 0 radical (unpaired) electrons. The van der Waals surface area contributed by atoms with Crippen molar-refractivity contribution in [2.24, 2.45) is 10.7 Å². The summed E-state index contributed by atoms with van der Waals surface area (Å²) < 4.78 is 64.3. The Kier molecular flexibility index (Phi) is 4.76. The minimum atomic E-state index is -4.67.